The summed E-state index contributed by atoms with van der Waals surface area (Å²) in [4.78, 5) is 35.9. The van der Waals surface area contributed by atoms with Gasteiger partial charge in [0, 0.05) is 35.4 Å². The molecule has 2 amide bonds. The number of aromatic amines is 1. The number of H-pyrrole nitrogens is 1. The molecule has 0 saturated heterocycles. The van der Waals surface area contributed by atoms with E-state index in [2.05, 4.69) is 21.4 Å². The van der Waals surface area contributed by atoms with Crippen molar-refractivity contribution in [1.82, 2.24) is 14.9 Å². The summed E-state index contributed by atoms with van der Waals surface area (Å²) in [6.45, 7) is 0.371. The van der Waals surface area contributed by atoms with E-state index in [9.17, 15) is 9.59 Å². The van der Waals surface area contributed by atoms with Gasteiger partial charge in [-0.25, -0.2) is 4.98 Å². The van der Waals surface area contributed by atoms with E-state index in [1.165, 1.54) is 11.3 Å². The van der Waals surface area contributed by atoms with Gasteiger partial charge in [0.05, 0.1) is 0 Å². The molecule has 3 aromatic carbocycles. The Morgan fingerprint density at radius 3 is 2.68 bits per heavy atom. The van der Waals surface area contributed by atoms with Crippen LogP contribution in [0.25, 0.3) is 22.0 Å². The number of amides is 2. The highest BCUT2D eigenvalue weighted by Crippen LogP contribution is 2.35. The maximum absolute atomic E-state index is 13.6. The van der Waals surface area contributed by atoms with E-state index in [1.807, 2.05) is 72.9 Å². The lowest BCUT2D eigenvalue weighted by Crippen LogP contribution is -2.37. The zero-order valence-electron chi connectivity index (χ0n) is 18.1. The van der Waals surface area contributed by atoms with Crippen LogP contribution in [0.15, 0.2) is 90.6 Å². The summed E-state index contributed by atoms with van der Waals surface area (Å²) in [6.07, 6.45) is 3.56. The van der Waals surface area contributed by atoms with Crippen molar-refractivity contribution in [2.45, 2.75) is 12.6 Å². The van der Waals surface area contributed by atoms with Gasteiger partial charge >= 0.3 is 0 Å². The van der Waals surface area contributed by atoms with E-state index in [4.69, 9.17) is 0 Å². The van der Waals surface area contributed by atoms with Gasteiger partial charge in [-0.3, -0.25) is 14.9 Å². The minimum absolute atomic E-state index is 0.150. The van der Waals surface area contributed by atoms with E-state index >= 15 is 0 Å². The minimum atomic E-state index is -0.760. The first-order chi connectivity index (χ1) is 16.7. The van der Waals surface area contributed by atoms with Crippen molar-refractivity contribution in [2.24, 2.45) is 0 Å². The highest BCUT2D eigenvalue weighted by molar-refractivity contribution is 7.13. The van der Waals surface area contributed by atoms with Crippen molar-refractivity contribution in [3.05, 3.63) is 107 Å². The Bertz CT molecular complexity index is 1510. The van der Waals surface area contributed by atoms with Crippen molar-refractivity contribution < 1.29 is 9.59 Å². The molecule has 2 N–H and O–H groups in total. The SMILES string of the molecule is O=C(Nc1nccs1)[C@H](c1ccccc1)N1Cc2ccc(-c3ccc4[nH]ccc4c3)cc2C1=O. The summed E-state index contributed by atoms with van der Waals surface area (Å²) < 4.78 is 0. The van der Waals surface area contributed by atoms with Gasteiger partial charge in [0.15, 0.2) is 5.13 Å². The van der Waals surface area contributed by atoms with E-state index in [0.717, 1.165) is 33.2 Å². The largest absolute Gasteiger partial charge is 0.361 e. The van der Waals surface area contributed by atoms with Gasteiger partial charge in [0.2, 0.25) is 0 Å². The second kappa shape index (κ2) is 8.28. The maximum atomic E-state index is 13.6. The third kappa shape index (κ3) is 3.56. The molecule has 34 heavy (non-hydrogen) atoms. The van der Waals surface area contributed by atoms with Gasteiger partial charge in [-0.15, -0.1) is 11.3 Å². The Kier molecular flexibility index (Phi) is 4.96. The van der Waals surface area contributed by atoms with Crippen molar-refractivity contribution >= 4 is 39.2 Å². The Balaban J connectivity index is 1.35. The molecule has 1 aliphatic rings. The summed E-state index contributed by atoms with van der Waals surface area (Å²) in [6, 6.07) is 22.8. The summed E-state index contributed by atoms with van der Waals surface area (Å²) in [5.41, 5.74) is 5.40. The number of nitrogens with zero attached hydrogens (tertiary/aromatic N) is 2. The van der Waals surface area contributed by atoms with Gasteiger partial charge in [0.1, 0.15) is 6.04 Å². The van der Waals surface area contributed by atoms with Gasteiger partial charge in [0.25, 0.3) is 11.8 Å². The van der Waals surface area contributed by atoms with Crippen LogP contribution >= 0.6 is 11.3 Å². The second-order valence-electron chi connectivity index (χ2n) is 8.22. The van der Waals surface area contributed by atoms with Crippen LogP contribution < -0.4 is 5.32 Å². The number of benzene rings is 3. The molecular weight excluding hydrogens is 444 g/mol. The summed E-state index contributed by atoms with van der Waals surface area (Å²) in [5, 5.41) is 6.30. The third-order valence-electron chi connectivity index (χ3n) is 6.17. The fourth-order valence-electron chi connectivity index (χ4n) is 4.51. The monoisotopic (exact) mass is 464 g/mol. The molecule has 5 aromatic rings. The molecule has 0 unspecified atom stereocenters. The molecular formula is C27H20N4O2S. The van der Waals surface area contributed by atoms with E-state index < -0.39 is 6.04 Å². The number of thiazole rings is 1. The predicted octanol–water partition coefficient (Wildman–Crippen LogP) is 5.63. The molecule has 3 heterocycles. The highest BCUT2D eigenvalue weighted by atomic mass is 32.1. The standard InChI is InChI=1S/C27H20N4O2S/c32-25(30-27-29-12-13-34-27)24(17-4-2-1-3-5-17)31-16-21-7-6-19(15-22(21)26(31)33)18-8-9-23-20(14-18)10-11-28-23/h1-15,24,28H,16H2,(H,29,30,32)/t24-/m0/s1. The summed E-state index contributed by atoms with van der Waals surface area (Å²) in [5.74, 6) is -0.428. The number of rotatable bonds is 5. The van der Waals surface area contributed by atoms with Crippen LogP contribution in [0, 0.1) is 0 Å². The van der Waals surface area contributed by atoms with Gasteiger partial charge in [-0.05, 0) is 51.9 Å². The van der Waals surface area contributed by atoms with Crippen molar-refractivity contribution in [3.8, 4) is 11.1 Å². The number of anilines is 1. The molecule has 0 saturated carbocycles. The lowest BCUT2D eigenvalue weighted by Gasteiger charge is -2.27. The highest BCUT2D eigenvalue weighted by Gasteiger charge is 2.37. The lowest BCUT2D eigenvalue weighted by molar-refractivity contribution is -0.120. The molecule has 6 nitrogen and oxygen atoms in total. The van der Waals surface area contributed by atoms with Crippen LogP contribution in [0.3, 0.4) is 0 Å². The van der Waals surface area contributed by atoms with Crippen molar-refractivity contribution in [2.75, 3.05) is 5.32 Å². The second-order valence-corrected chi connectivity index (χ2v) is 9.12. The van der Waals surface area contributed by atoms with Gasteiger partial charge in [-0.2, -0.15) is 0 Å². The smallest absolute Gasteiger partial charge is 0.255 e. The van der Waals surface area contributed by atoms with Crippen LogP contribution in [0.4, 0.5) is 5.13 Å². The Morgan fingerprint density at radius 2 is 1.85 bits per heavy atom. The first kappa shape index (κ1) is 20.4. The van der Waals surface area contributed by atoms with Crippen LogP contribution in [0.5, 0.6) is 0 Å². The number of carbonyl (C=O) groups excluding carboxylic acids is 2. The van der Waals surface area contributed by atoms with Crippen LogP contribution in [-0.2, 0) is 11.3 Å². The Labute approximate surface area is 199 Å². The Hall–Kier alpha value is -4.23. The predicted molar refractivity (Wildman–Crippen MR) is 134 cm³/mol. The van der Waals surface area contributed by atoms with Gasteiger partial charge < -0.3 is 9.88 Å². The number of nitrogens with one attached hydrogen (secondary N) is 2. The van der Waals surface area contributed by atoms with Gasteiger partial charge in [-0.1, -0.05) is 48.5 Å². The number of hydrogen-bond acceptors (Lipinski definition) is 4. The Morgan fingerprint density at radius 1 is 1.03 bits per heavy atom. The van der Waals surface area contributed by atoms with E-state index in [-0.39, 0.29) is 11.8 Å². The average Bonchev–Trinajstić information content (AvgIpc) is 3.61. The fourth-order valence-corrected chi connectivity index (χ4v) is 5.04. The fraction of sp³-hybridized carbons (Fsp3) is 0.0741. The molecule has 0 spiro atoms. The molecule has 1 aliphatic heterocycles. The quantitative estimate of drug-likeness (QED) is 0.354. The molecule has 0 aliphatic carbocycles. The molecule has 2 aromatic heterocycles. The van der Waals surface area contributed by atoms with Crippen LogP contribution in [0.2, 0.25) is 0 Å². The normalized spacial score (nSPS) is 13.8. The molecule has 7 heteroatoms. The number of hydrogen-bond donors (Lipinski definition) is 2. The molecule has 166 valence electrons. The maximum Gasteiger partial charge on any atom is 0.255 e. The third-order valence-corrected chi connectivity index (χ3v) is 6.85. The van der Waals surface area contributed by atoms with Crippen LogP contribution in [0.1, 0.15) is 27.5 Å². The summed E-state index contributed by atoms with van der Waals surface area (Å²) >= 11 is 1.35. The topological polar surface area (TPSA) is 78.1 Å². The van der Waals surface area contributed by atoms with E-state index in [1.54, 1.807) is 16.5 Å². The number of aromatic nitrogens is 2. The van der Waals surface area contributed by atoms with Crippen molar-refractivity contribution in [1.29, 1.82) is 0 Å². The first-order valence-corrected chi connectivity index (χ1v) is 11.8. The van der Waals surface area contributed by atoms with Crippen molar-refractivity contribution in [3.63, 3.8) is 0 Å². The molecule has 0 radical (unpaired) electrons. The summed E-state index contributed by atoms with van der Waals surface area (Å²) in [7, 11) is 0. The number of carbonyl (C=O) groups is 2. The molecule has 0 fully saturated rings. The zero-order chi connectivity index (χ0) is 23.1. The average molecular weight is 465 g/mol. The minimum Gasteiger partial charge on any atom is -0.361 e. The molecule has 1 atom stereocenters. The van der Waals surface area contributed by atoms with E-state index in [0.29, 0.717) is 17.2 Å². The zero-order valence-corrected chi connectivity index (χ0v) is 18.9. The molecule has 0 bridgehead atoms. The lowest BCUT2D eigenvalue weighted by atomic mass is 9.99. The molecule has 6 rings (SSSR count). The van der Waals surface area contributed by atoms with Crippen LogP contribution in [-0.4, -0.2) is 26.7 Å². The number of fused-ring (bicyclic) bond motifs is 2. The first-order valence-electron chi connectivity index (χ1n) is 10.9.